The number of benzene rings is 1. The second-order valence-electron chi connectivity index (χ2n) is 6.10. The number of hydrogen-bond acceptors (Lipinski definition) is 2. The molecule has 1 aromatic carbocycles. The molecule has 1 aromatic rings. The normalized spacial score (nSPS) is 21.9. The van der Waals surface area contributed by atoms with E-state index in [2.05, 4.69) is 10.6 Å². The van der Waals surface area contributed by atoms with E-state index in [0.29, 0.717) is 6.42 Å². The van der Waals surface area contributed by atoms with Crippen molar-refractivity contribution in [1.82, 2.24) is 10.6 Å². The molecule has 1 amide bonds. The largest absolute Gasteiger partial charge is 0.390 e. The molecule has 0 heterocycles. The number of halogens is 3. The van der Waals surface area contributed by atoms with Gasteiger partial charge in [-0.05, 0) is 31.2 Å². The molecular formula is C17H23F3N2O. The van der Waals surface area contributed by atoms with Gasteiger partial charge in [0.25, 0.3) is 0 Å². The van der Waals surface area contributed by atoms with Crippen LogP contribution in [0.2, 0.25) is 0 Å². The molecule has 2 rings (SSSR count). The first kappa shape index (κ1) is 17.8. The standard InChI is InChI=1S/C17H23F3N2O/c18-17(19,20)10-11-21-14-6-8-15(9-7-14)22-16(23)12-13-4-2-1-3-5-13/h1-5,14-15,21H,6-12H2,(H,22,23). The summed E-state index contributed by atoms with van der Waals surface area (Å²) in [6.07, 6.45) is -1.31. The number of carbonyl (C=O) groups excluding carboxylic acids is 1. The molecule has 0 saturated heterocycles. The quantitative estimate of drug-likeness (QED) is 0.842. The van der Waals surface area contributed by atoms with Crippen molar-refractivity contribution < 1.29 is 18.0 Å². The van der Waals surface area contributed by atoms with Crippen LogP contribution in [-0.4, -0.2) is 30.7 Å². The summed E-state index contributed by atoms with van der Waals surface area (Å²) in [5, 5.41) is 5.98. The first-order chi connectivity index (χ1) is 10.9. The van der Waals surface area contributed by atoms with Crippen LogP contribution in [0.3, 0.4) is 0 Å². The van der Waals surface area contributed by atoms with Crippen molar-refractivity contribution >= 4 is 5.91 Å². The fourth-order valence-electron chi connectivity index (χ4n) is 2.92. The molecule has 0 radical (unpaired) electrons. The molecule has 1 aliphatic carbocycles. The lowest BCUT2D eigenvalue weighted by Gasteiger charge is -2.30. The number of carbonyl (C=O) groups is 1. The minimum atomic E-state index is -4.10. The smallest absolute Gasteiger partial charge is 0.353 e. The third-order valence-electron chi connectivity index (χ3n) is 4.14. The van der Waals surface area contributed by atoms with Gasteiger partial charge in [0.1, 0.15) is 0 Å². The summed E-state index contributed by atoms with van der Waals surface area (Å²) in [6.45, 7) is -0.0286. The van der Waals surface area contributed by atoms with Gasteiger partial charge in [0.05, 0.1) is 12.8 Å². The highest BCUT2D eigenvalue weighted by molar-refractivity contribution is 5.78. The van der Waals surface area contributed by atoms with E-state index >= 15 is 0 Å². The molecule has 3 nitrogen and oxygen atoms in total. The van der Waals surface area contributed by atoms with E-state index in [-0.39, 0.29) is 24.5 Å². The van der Waals surface area contributed by atoms with Crippen molar-refractivity contribution in [3.05, 3.63) is 35.9 Å². The van der Waals surface area contributed by atoms with E-state index in [4.69, 9.17) is 0 Å². The zero-order valence-corrected chi connectivity index (χ0v) is 13.0. The Balaban J connectivity index is 1.63. The SMILES string of the molecule is O=C(Cc1ccccc1)NC1CCC(NCCC(F)(F)F)CC1. The molecule has 0 aliphatic heterocycles. The van der Waals surface area contributed by atoms with Crippen LogP contribution in [-0.2, 0) is 11.2 Å². The lowest BCUT2D eigenvalue weighted by atomic mass is 9.91. The minimum Gasteiger partial charge on any atom is -0.353 e. The summed E-state index contributed by atoms with van der Waals surface area (Å²) < 4.78 is 36.3. The Bertz CT molecular complexity index is 482. The number of alkyl halides is 3. The molecule has 6 heteroatoms. The van der Waals surface area contributed by atoms with Gasteiger partial charge in [0.2, 0.25) is 5.91 Å². The third-order valence-corrected chi connectivity index (χ3v) is 4.14. The predicted molar refractivity (Wildman–Crippen MR) is 83.0 cm³/mol. The van der Waals surface area contributed by atoms with Crippen LogP contribution < -0.4 is 10.6 Å². The van der Waals surface area contributed by atoms with Crippen LogP contribution in [0.15, 0.2) is 30.3 Å². The maximum absolute atomic E-state index is 12.1. The molecule has 1 fully saturated rings. The average molecular weight is 328 g/mol. The van der Waals surface area contributed by atoms with Crippen LogP contribution in [0.4, 0.5) is 13.2 Å². The van der Waals surface area contributed by atoms with Gasteiger partial charge in [-0.3, -0.25) is 4.79 Å². The molecule has 0 aromatic heterocycles. The molecule has 128 valence electrons. The van der Waals surface area contributed by atoms with Gasteiger partial charge in [-0.15, -0.1) is 0 Å². The Labute approximate surface area is 134 Å². The molecule has 0 unspecified atom stereocenters. The molecule has 23 heavy (non-hydrogen) atoms. The molecule has 2 N–H and O–H groups in total. The fourth-order valence-corrected chi connectivity index (χ4v) is 2.92. The maximum Gasteiger partial charge on any atom is 0.390 e. The van der Waals surface area contributed by atoms with Crippen molar-refractivity contribution in [3.8, 4) is 0 Å². The Kier molecular flexibility index (Phi) is 6.45. The van der Waals surface area contributed by atoms with E-state index in [1.54, 1.807) is 0 Å². The molecule has 0 spiro atoms. The second-order valence-corrected chi connectivity index (χ2v) is 6.10. The van der Waals surface area contributed by atoms with Crippen LogP contribution >= 0.6 is 0 Å². The Morgan fingerprint density at radius 3 is 2.26 bits per heavy atom. The van der Waals surface area contributed by atoms with Crippen molar-refractivity contribution in [3.63, 3.8) is 0 Å². The first-order valence-corrected chi connectivity index (χ1v) is 8.06. The number of hydrogen-bond donors (Lipinski definition) is 2. The highest BCUT2D eigenvalue weighted by atomic mass is 19.4. The summed E-state index contributed by atoms with van der Waals surface area (Å²) in [5.74, 6) is 0.00433. The summed E-state index contributed by atoms with van der Waals surface area (Å²) in [6, 6.07) is 9.81. The third kappa shape index (κ3) is 7.03. The molecule has 0 atom stereocenters. The molecule has 1 saturated carbocycles. The van der Waals surface area contributed by atoms with E-state index in [0.717, 1.165) is 31.2 Å². The summed E-state index contributed by atoms with van der Waals surface area (Å²) in [4.78, 5) is 12.0. The average Bonchev–Trinajstić information content (AvgIpc) is 2.49. The zero-order valence-electron chi connectivity index (χ0n) is 13.0. The lowest BCUT2D eigenvalue weighted by molar-refractivity contribution is -0.133. The Morgan fingerprint density at radius 1 is 1.04 bits per heavy atom. The fraction of sp³-hybridized carbons (Fsp3) is 0.588. The van der Waals surface area contributed by atoms with Gasteiger partial charge in [-0.1, -0.05) is 30.3 Å². The lowest BCUT2D eigenvalue weighted by Crippen LogP contribution is -2.43. The Morgan fingerprint density at radius 2 is 1.65 bits per heavy atom. The Hall–Kier alpha value is -1.56. The summed E-state index contributed by atoms with van der Waals surface area (Å²) >= 11 is 0. The predicted octanol–water partition coefficient (Wildman–Crippen LogP) is 3.20. The number of rotatable bonds is 6. The van der Waals surface area contributed by atoms with Gasteiger partial charge in [0.15, 0.2) is 0 Å². The summed E-state index contributed by atoms with van der Waals surface area (Å²) in [5.41, 5.74) is 0.979. The maximum atomic E-state index is 12.1. The summed E-state index contributed by atoms with van der Waals surface area (Å²) in [7, 11) is 0. The van der Waals surface area contributed by atoms with Crippen molar-refractivity contribution in [1.29, 1.82) is 0 Å². The highest BCUT2D eigenvalue weighted by Crippen LogP contribution is 2.21. The van der Waals surface area contributed by atoms with Gasteiger partial charge >= 0.3 is 6.18 Å². The zero-order chi connectivity index (χ0) is 16.7. The van der Waals surface area contributed by atoms with Crippen LogP contribution in [0.25, 0.3) is 0 Å². The number of nitrogens with one attached hydrogen (secondary N) is 2. The first-order valence-electron chi connectivity index (χ1n) is 8.06. The molecule has 0 bridgehead atoms. The van der Waals surface area contributed by atoms with Gasteiger partial charge in [-0.25, -0.2) is 0 Å². The van der Waals surface area contributed by atoms with Crippen molar-refractivity contribution in [2.45, 2.75) is 56.8 Å². The van der Waals surface area contributed by atoms with E-state index < -0.39 is 12.6 Å². The number of amides is 1. The monoisotopic (exact) mass is 328 g/mol. The van der Waals surface area contributed by atoms with Gasteiger partial charge < -0.3 is 10.6 Å². The molecular weight excluding hydrogens is 305 g/mol. The van der Waals surface area contributed by atoms with Crippen LogP contribution in [0, 0.1) is 0 Å². The van der Waals surface area contributed by atoms with Gasteiger partial charge in [-0.2, -0.15) is 13.2 Å². The van der Waals surface area contributed by atoms with Crippen LogP contribution in [0.1, 0.15) is 37.7 Å². The van der Waals surface area contributed by atoms with Crippen molar-refractivity contribution in [2.75, 3.05) is 6.54 Å². The van der Waals surface area contributed by atoms with E-state index in [9.17, 15) is 18.0 Å². The molecule has 1 aliphatic rings. The van der Waals surface area contributed by atoms with Gasteiger partial charge in [0, 0.05) is 18.6 Å². The topological polar surface area (TPSA) is 41.1 Å². The minimum absolute atomic E-state index is 0.00433. The highest BCUT2D eigenvalue weighted by Gasteiger charge is 2.27. The second kappa shape index (κ2) is 8.34. The van der Waals surface area contributed by atoms with E-state index in [1.807, 2.05) is 30.3 Å². The van der Waals surface area contributed by atoms with E-state index in [1.165, 1.54) is 0 Å². The van der Waals surface area contributed by atoms with Crippen LogP contribution in [0.5, 0.6) is 0 Å². The van der Waals surface area contributed by atoms with Crippen molar-refractivity contribution in [2.24, 2.45) is 0 Å².